The van der Waals surface area contributed by atoms with Gasteiger partial charge in [0.15, 0.2) is 4.90 Å². The number of rotatable bonds is 5. The van der Waals surface area contributed by atoms with Crippen LogP contribution in [0.1, 0.15) is 12.8 Å². The maximum Gasteiger partial charge on any atom is 0.308 e. The van der Waals surface area contributed by atoms with Crippen molar-refractivity contribution in [3.63, 3.8) is 0 Å². The molecule has 0 aromatic heterocycles. The van der Waals surface area contributed by atoms with Crippen LogP contribution in [0.2, 0.25) is 0 Å². The van der Waals surface area contributed by atoms with E-state index in [0.29, 0.717) is 25.9 Å². The lowest BCUT2D eigenvalue weighted by atomic mass is 10.1. The monoisotopic (exact) mass is 413 g/mol. The molecule has 1 aromatic rings. The molecule has 3 atom stereocenters. The van der Waals surface area contributed by atoms with Gasteiger partial charge in [0.05, 0.1) is 24.1 Å². The Morgan fingerprint density at radius 3 is 2.46 bits per heavy atom. The number of hydrogen-bond acceptors (Lipinski definition) is 8. The van der Waals surface area contributed by atoms with Gasteiger partial charge < -0.3 is 9.84 Å². The quantitative estimate of drug-likeness (QED) is 0.412. The second kappa shape index (κ2) is 8.11. The summed E-state index contributed by atoms with van der Waals surface area (Å²) in [5.41, 5.74) is -0.447. The van der Waals surface area contributed by atoms with Gasteiger partial charge in [-0.1, -0.05) is 12.1 Å². The highest BCUT2D eigenvalue weighted by Crippen LogP contribution is 2.32. The smallest absolute Gasteiger partial charge is 0.308 e. The summed E-state index contributed by atoms with van der Waals surface area (Å²) in [7, 11) is -2.68. The molecule has 1 heterocycles. The number of hydrogen-bond donors (Lipinski definition) is 1. The summed E-state index contributed by atoms with van der Waals surface area (Å²) in [6, 6.07) is 5.05. The zero-order valence-electron chi connectivity index (χ0n) is 15.4. The maximum absolute atomic E-state index is 12.9. The highest BCUT2D eigenvalue weighted by molar-refractivity contribution is 7.89. The second-order valence-corrected chi connectivity index (χ2v) is 8.90. The number of aliphatic hydroxyl groups is 1. The van der Waals surface area contributed by atoms with E-state index in [1.165, 1.54) is 35.7 Å². The lowest BCUT2D eigenvalue weighted by Crippen LogP contribution is -2.53. The van der Waals surface area contributed by atoms with Crippen LogP contribution in [0, 0.1) is 16.0 Å². The number of carbonyl (C=O) groups excluding carboxylic acids is 1. The first-order valence-electron chi connectivity index (χ1n) is 8.99. The third kappa shape index (κ3) is 3.88. The number of esters is 1. The Labute approximate surface area is 162 Å². The molecule has 0 radical (unpaired) electrons. The number of nitro benzene ring substituents is 1. The van der Waals surface area contributed by atoms with E-state index in [0.717, 1.165) is 0 Å². The number of nitrogens with zero attached hydrogens (tertiary/aromatic N) is 3. The topological polar surface area (TPSA) is 130 Å². The molecular formula is C17H23N3O7S. The summed E-state index contributed by atoms with van der Waals surface area (Å²) < 4.78 is 31.7. The summed E-state index contributed by atoms with van der Waals surface area (Å²) in [5, 5.41) is 21.5. The van der Waals surface area contributed by atoms with Gasteiger partial charge in [0, 0.05) is 38.3 Å². The molecule has 2 aliphatic rings. The Kier molecular flexibility index (Phi) is 5.98. The Balaban J connectivity index is 1.69. The minimum absolute atomic E-state index is 0.153. The maximum atomic E-state index is 12.9. The molecule has 0 bridgehead atoms. The number of para-hydroxylation sites is 1. The summed E-state index contributed by atoms with van der Waals surface area (Å²) in [6.45, 7) is 1.05. The SMILES string of the molecule is COC(=O)C1CC(O)C(N2CCN(S(=O)(=O)c3ccccc3[N+](=O)[O-])CC2)C1. The Morgan fingerprint density at radius 1 is 1.21 bits per heavy atom. The highest BCUT2D eigenvalue weighted by atomic mass is 32.2. The Morgan fingerprint density at radius 2 is 1.86 bits per heavy atom. The molecule has 154 valence electrons. The van der Waals surface area contributed by atoms with Crippen LogP contribution in [-0.4, -0.2) is 79.1 Å². The summed E-state index contributed by atoms with van der Waals surface area (Å²) in [6.07, 6.45) is 0.110. The van der Waals surface area contributed by atoms with Gasteiger partial charge in [0.1, 0.15) is 0 Å². The Hall–Kier alpha value is -2.08. The average Bonchev–Trinajstić information content (AvgIpc) is 3.09. The van der Waals surface area contributed by atoms with Crippen molar-refractivity contribution < 1.29 is 28.0 Å². The van der Waals surface area contributed by atoms with E-state index in [9.17, 15) is 28.4 Å². The van der Waals surface area contributed by atoms with Crippen molar-refractivity contribution in [3.05, 3.63) is 34.4 Å². The molecule has 10 nitrogen and oxygen atoms in total. The molecular weight excluding hydrogens is 390 g/mol. The molecule has 0 spiro atoms. The third-order valence-corrected chi connectivity index (χ3v) is 7.40. The minimum Gasteiger partial charge on any atom is -0.469 e. The lowest BCUT2D eigenvalue weighted by Gasteiger charge is -2.38. The third-order valence-electron chi connectivity index (χ3n) is 5.45. The fourth-order valence-electron chi connectivity index (χ4n) is 3.99. The molecule has 1 saturated heterocycles. The molecule has 1 saturated carbocycles. The van der Waals surface area contributed by atoms with Crippen LogP contribution in [0.3, 0.4) is 0 Å². The van der Waals surface area contributed by atoms with Gasteiger partial charge in [-0.2, -0.15) is 4.31 Å². The van der Waals surface area contributed by atoms with Crippen molar-refractivity contribution >= 4 is 21.7 Å². The molecule has 28 heavy (non-hydrogen) atoms. The fraction of sp³-hybridized carbons (Fsp3) is 0.588. The molecule has 3 unspecified atom stereocenters. The average molecular weight is 413 g/mol. The van der Waals surface area contributed by atoms with E-state index in [-0.39, 0.29) is 35.9 Å². The van der Waals surface area contributed by atoms with Gasteiger partial charge in [-0.15, -0.1) is 0 Å². The van der Waals surface area contributed by atoms with Crippen molar-refractivity contribution in [3.8, 4) is 0 Å². The van der Waals surface area contributed by atoms with Crippen LogP contribution in [0.5, 0.6) is 0 Å². The normalized spacial score (nSPS) is 26.9. The van der Waals surface area contributed by atoms with Crippen LogP contribution in [0.25, 0.3) is 0 Å². The first-order valence-corrected chi connectivity index (χ1v) is 10.4. The van der Waals surface area contributed by atoms with Crippen molar-refractivity contribution in [1.29, 1.82) is 0 Å². The summed E-state index contributed by atoms with van der Waals surface area (Å²) in [4.78, 5) is 23.8. The van der Waals surface area contributed by atoms with E-state index in [4.69, 9.17) is 4.74 Å². The van der Waals surface area contributed by atoms with Crippen LogP contribution in [-0.2, 0) is 19.6 Å². The van der Waals surface area contributed by atoms with Gasteiger partial charge in [-0.25, -0.2) is 8.42 Å². The number of ether oxygens (including phenoxy) is 1. The molecule has 11 heteroatoms. The van der Waals surface area contributed by atoms with Crippen LogP contribution in [0.15, 0.2) is 29.2 Å². The first-order chi connectivity index (χ1) is 13.3. The predicted molar refractivity (Wildman–Crippen MR) is 98.0 cm³/mol. The van der Waals surface area contributed by atoms with Crippen molar-refractivity contribution in [2.24, 2.45) is 5.92 Å². The van der Waals surface area contributed by atoms with Gasteiger partial charge in [0.2, 0.25) is 10.0 Å². The van der Waals surface area contributed by atoms with Gasteiger partial charge in [-0.05, 0) is 18.9 Å². The number of carbonyl (C=O) groups is 1. The number of aliphatic hydroxyl groups excluding tert-OH is 1. The van der Waals surface area contributed by atoms with E-state index in [1.54, 1.807) is 0 Å². The number of nitro groups is 1. The zero-order chi connectivity index (χ0) is 20.5. The number of benzene rings is 1. The van der Waals surface area contributed by atoms with Gasteiger partial charge in [-0.3, -0.25) is 19.8 Å². The van der Waals surface area contributed by atoms with Crippen molar-refractivity contribution in [2.45, 2.75) is 29.9 Å². The zero-order valence-corrected chi connectivity index (χ0v) is 16.2. The van der Waals surface area contributed by atoms with Crippen molar-refractivity contribution in [1.82, 2.24) is 9.21 Å². The van der Waals surface area contributed by atoms with Crippen LogP contribution in [0.4, 0.5) is 5.69 Å². The summed E-state index contributed by atoms with van der Waals surface area (Å²) in [5.74, 6) is -0.710. The van der Waals surface area contributed by atoms with Crippen LogP contribution < -0.4 is 0 Å². The van der Waals surface area contributed by atoms with Gasteiger partial charge >= 0.3 is 5.97 Å². The van der Waals surface area contributed by atoms with Gasteiger partial charge in [0.25, 0.3) is 5.69 Å². The summed E-state index contributed by atoms with van der Waals surface area (Å²) >= 11 is 0. The second-order valence-electron chi connectivity index (χ2n) is 6.99. The molecule has 1 aromatic carbocycles. The largest absolute Gasteiger partial charge is 0.469 e. The molecule has 0 amide bonds. The minimum atomic E-state index is -4.00. The molecule has 1 aliphatic heterocycles. The lowest BCUT2D eigenvalue weighted by molar-refractivity contribution is -0.387. The first kappa shape index (κ1) is 20.6. The number of methoxy groups -OCH3 is 1. The van der Waals surface area contributed by atoms with Crippen LogP contribution >= 0.6 is 0 Å². The van der Waals surface area contributed by atoms with E-state index >= 15 is 0 Å². The standard InChI is InChI=1S/C17H23N3O7S/c1-27-17(22)12-10-14(15(21)11-12)18-6-8-19(9-7-18)28(25,26)16-5-3-2-4-13(16)20(23)24/h2-5,12,14-15,21H,6-11H2,1H3. The highest BCUT2D eigenvalue weighted by Gasteiger charge is 2.42. The molecule has 3 rings (SSSR count). The molecule has 1 N–H and O–H groups in total. The Bertz CT molecular complexity index is 852. The molecule has 2 fully saturated rings. The number of piperazine rings is 1. The van der Waals surface area contributed by atoms with E-state index in [1.807, 2.05) is 4.90 Å². The number of sulfonamides is 1. The van der Waals surface area contributed by atoms with E-state index < -0.39 is 26.7 Å². The predicted octanol–water partition coefficient (Wildman–Crippen LogP) is 0.214. The van der Waals surface area contributed by atoms with E-state index in [2.05, 4.69) is 0 Å². The fourth-order valence-corrected chi connectivity index (χ4v) is 5.57. The molecule has 1 aliphatic carbocycles. The van der Waals surface area contributed by atoms with Crippen molar-refractivity contribution in [2.75, 3.05) is 33.3 Å².